The molecule has 0 radical (unpaired) electrons. The van der Waals surface area contributed by atoms with Crippen molar-refractivity contribution in [2.24, 2.45) is 4.99 Å². The largest absolute Gasteiger partial charge is 0.504 e. The molecule has 0 aliphatic carbocycles. The van der Waals surface area contributed by atoms with Crippen LogP contribution in [0.25, 0.3) is 6.08 Å². The third kappa shape index (κ3) is 4.49. The first-order chi connectivity index (χ1) is 14.9. The van der Waals surface area contributed by atoms with E-state index in [0.29, 0.717) is 15.8 Å². The standard InChI is InChI=1S/C25H22N2O3S/c1-16-4-9-19(10-5-16)26-25-27(20-11-6-17(2)7-12-20)24(29)23(31-25)15-18-8-13-21(28)22(14-18)30-3/h4-15,28H,1-3H3/b23-15-,26-25?. The summed E-state index contributed by atoms with van der Waals surface area (Å²) in [5, 5.41) is 10.4. The van der Waals surface area contributed by atoms with Gasteiger partial charge in [-0.05, 0) is 73.6 Å². The van der Waals surface area contributed by atoms with Crippen molar-refractivity contribution >= 4 is 40.3 Å². The van der Waals surface area contributed by atoms with Crippen molar-refractivity contribution in [3.8, 4) is 11.5 Å². The van der Waals surface area contributed by atoms with Crippen molar-refractivity contribution in [3.05, 3.63) is 88.3 Å². The van der Waals surface area contributed by atoms with Crippen LogP contribution < -0.4 is 9.64 Å². The Balaban J connectivity index is 1.76. The second-order valence-corrected chi connectivity index (χ2v) is 8.26. The first kappa shape index (κ1) is 20.8. The fourth-order valence-corrected chi connectivity index (χ4v) is 4.14. The Kier molecular flexibility index (Phi) is 5.82. The number of aliphatic imine (C=N–C) groups is 1. The molecule has 1 fully saturated rings. The van der Waals surface area contributed by atoms with Gasteiger partial charge in [0.15, 0.2) is 16.7 Å². The molecule has 1 aliphatic rings. The summed E-state index contributed by atoms with van der Waals surface area (Å²) in [5.74, 6) is 0.262. The second-order valence-electron chi connectivity index (χ2n) is 7.25. The molecule has 0 bridgehead atoms. The molecule has 1 saturated heterocycles. The number of phenols is 1. The zero-order chi connectivity index (χ0) is 22.0. The molecule has 4 rings (SSSR count). The summed E-state index contributed by atoms with van der Waals surface area (Å²) in [6, 6.07) is 20.6. The highest BCUT2D eigenvalue weighted by Crippen LogP contribution is 2.38. The number of amides is 1. The first-order valence-corrected chi connectivity index (χ1v) is 10.6. The SMILES string of the molecule is COc1cc(/C=C2\SC(=Nc3ccc(C)cc3)N(c3ccc(C)cc3)C2=O)ccc1O. The zero-order valence-electron chi connectivity index (χ0n) is 17.5. The smallest absolute Gasteiger partial charge is 0.271 e. The van der Waals surface area contributed by atoms with Gasteiger partial charge >= 0.3 is 0 Å². The van der Waals surface area contributed by atoms with Gasteiger partial charge in [-0.15, -0.1) is 0 Å². The maximum atomic E-state index is 13.3. The highest BCUT2D eigenvalue weighted by molar-refractivity contribution is 8.19. The monoisotopic (exact) mass is 430 g/mol. The van der Waals surface area contributed by atoms with Crippen LogP contribution in [0.3, 0.4) is 0 Å². The minimum atomic E-state index is -0.147. The van der Waals surface area contributed by atoms with Crippen molar-refractivity contribution in [3.63, 3.8) is 0 Å². The number of methoxy groups -OCH3 is 1. The minimum absolute atomic E-state index is 0.0537. The topological polar surface area (TPSA) is 62.1 Å². The predicted octanol–water partition coefficient (Wildman–Crippen LogP) is 5.83. The van der Waals surface area contributed by atoms with Crippen LogP contribution in [0.5, 0.6) is 11.5 Å². The van der Waals surface area contributed by atoms with E-state index < -0.39 is 0 Å². The third-order valence-corrected chi connectivity index (χ3v) is 5.83. The lowest BCUT2D eigenvalue weighted by Crippen LogP contribution is -2.28. The van der Waals surface area contributed by atoms with Gasteiger partial charge in [0.1, 0.15) is 0 Å². The molecular formula is C25H22N2O3S. The van der Waals surface area contributed by atoms with Gasteiger partial charge in [-0.3, -0.25) is 9.69 Å². The molecule has 31 heavy (non-hydrogen) atoms. The summed E-state index contributed by atoms with van der Waals surface area (Å²) < 4.78 is 5.18. The summed E-state index contributed by atoms with van der Waals surface area (Å²) in [6.45, 7) is 4.03. The van der Waals surface area contributed by atoms with Crippen molar-refractivity contribution in [1.29, 1.82) is 0 Å². The number of benzene rings is 3. The number of carbonyl (C=O) groups is 1. The van der Waals surface area contributed by atoms with E-state index >= 15 is 0 Å². The maximum Gasteiger partial charge on any atom is 0.271 e. The van der Waals surface area contributed by atoms with E-state index in [1.54, 1.807) is 29.2 Å². The van der Waals surface area contributed by atoms with Crippen molar-refractivity contribution < 1.29 is 14.6 Å². The van der Waals surface area contributed by atoms with E-state index in [-0.39, 0.29) is 11.7 Å². The molecule has 5 nitrogen and oxygen atoms in total. The summed E-state index contributed by atoms with van der Waals surface area (Å²) in [7, 11) is 1.49. The Labute approximate surface area is 185 Å². The van der Waals surface area contributed by atoms with E-state index in [0.717, 1.165) is 28.1 Å². The van der Waals surface area contributed by atoms with Crippen LogP contribution >= 0.6 is 11.8 Å². The van der Waals surface area contributed by atoms with Crippen LogP contribution in [0, 0.1) is 13.8 Å². The molecule has 3 aromatic carbocycles. The van der Waals surface area contributed by atoms with Gasteiger partial charge in [-0.25, -0.2) is 4.99 Å². The Bertz CT molecular complexity index is 1180. The lowest BCUT2D eigenvalue weighted by molar-refractivity contribution is -0.113. The summed E-state index contributed by atoms with van der Waals surface area (Å²) >= 11 is 1.32. The Morgan fingerprint density at radius 2 is 1.61 bits per heavy atom. The minimum Gasteiger partial charge on any atom is -0.504 e. The average Bonchev–Trinajstić information content (AvgIpc) is 3.06. The number of aryl methyl sites for hydroxylation is 2. The molecule has 0 saturated carbocycles. The Hall–Kier alpha value is -3.51. The molecule has 0 atom stereocenters. The van der Waals surface area contributed by atoms with Gasteiger partial charge < -0.3 is 9.84 Å². The molecule has 6 heteroatoms. The van der Waals surface area contributed by atoms with E-state index in [2.05, 4.69) is 0 Å². The molecule has 0 unspecified atom stereocenters. The van der Waals surface area contributed by atoms with Gasteiger partial charge in [0.05, 0.1) is 23.4 Å². The van der Waals surface area contributed by atoms with E-state index in [1.807, 2.05) is 62.4 Å². The van der Waals surface area contributed by atoms with Crippen LogP contribution in [0.15, 0.2) is 76.6 Å². The lowest BCUT2D eigenvalue weighted by atomic mass is 10.1. The number of aromatic hydroxyl groups is 1. The van der Waals surface area contributed by atoms with E-state index in [1.165, 1.54) is 18.9 Å². The molecule has 0 spiro atoms. The summed E-state index contributed by atoms with van der Waals surface area (Å²) in [6.07, 6.45) is 1.79. The molecule has 0 aromatic heterocycles. The van der Waals surface area contributed by atoms with E-state index in [9.17, 15) is 9.90 Å². The zero-order valence-corrected chi connectivity index (χ0v) is 18.3. The van der Waals surface area contributed by atoms with Crippen LogP contribution in [-0.4, -0.2) is 23.3 Å². The highest BCUT2D eigenvalue weighted by Gasteiger charge is 2.34. The first-order valence-electron chi connectivity index (χ1n) is 9.77. The van der Waals surface area contributed by atoms with Crippen LogP contribution in [0.1, 0.15) is 16.7 Å². The molecule has 3 aromatic rings. The number of phenolic OH excluding ortho intramolecular Hbond substituents is 1. The molecule has 156 valence electrons. The normalized spacial score (nSPS) is 16.4. The number of ether oxygens (including phenoxy) is 1. The lowest BCUT2D eigenvalue weighted by Gasteiger charge is -2.16. The van der Waals surface area contributed by atoms with Gasteiger partial charge in [0.2, 0.25) is 0 Å². The molecule has 1 heterocycles. The van der Waals surface area contributed by atoms with Gasteiger partial charge in [0, 0.05) is 0 Å². The number of rotatable bonds is 4. The number of nitrogens with zero attached hydrogens (tertiary/aromatic N) is 2. The highest BCUT2D eigenvalue weighted by atomic mass is 32.2. The number of hydrogen-bond donors (Lipinski definition) is 1. The number of hydrogen-bond acceptors (Lipinski definition) is 5. The fraction of sp³-hybridized carbons (Fsp3) is 0.120. The molecule has 1 amide bonds. The maximum absolute atomic E-state index is 13.3. The fourth-order valence-electron chi connectivity index (χ4n) is 3.14. The number of amidine groups is 1. The molecule has 1 N–H and O–H groups in total. The number of anilines is 1. The van der Waals surface area contributed by atoms with Gasteiger partial charge in [0.25, 0.3) is 5.91 Å². The van der Waals surface area contributed by atoms with Crippen molar-refractivity contribution in [2.75, 3.05) is 12.0 Å². The summed E-state index contributed by atoms with van der Waals surface area (Å²) in [5.41, 5.74) is 4.57. The Morgan fingerprint density at radius 1 is 0.968 bits per heavy atom. The second kappa shape index (κ2) is 8.70. The van der Waals surface area contributed by atoms with Gasteiger partial charge in [-0.2, -0.15) is 0 Å². The van der Waals surface area contributed by atoms with Crippen molar-refractivity contribution in [2.45, 2.75) is 13.8 Å². The van der Waals surface area contributed by atoms with Crippen LogP contribution in [0.4, 0.5) is 11.4 Å². The van der Waals surface area contributed by atoms with Crippen LogP contribution in [0.2, 0.25) is 0 Å². The predicted molar refractivity (Wildman–Crippen MR) is 127 cm³/mol. The molecule has 1 aliphatic heterocycles. The quantitative estimate of drug-likeness (QED) is 0.529. The number of carbonyl (C=O) groups excluding carboxylic acids is 1. The number of thioether (sulfide) groups is 1. The van der Waals surface area contributed by atoms with Gasteiger partial charge in [-0.1, -0.05) is 41.5 Å². The Morgan fingerprint density at radius 3 is 2.26 bits per heavy atom. The molecular weight excluding hydrogens is 408 g/mol. The summed E-state index contributed by atoms with van der Waals surface area (Å²) in [4.78, 5) is 20.3. The van der Waals surface area contributed by atoms with Crippen molar-refractivity contribution in [1.82, 2.24) is 0 Å². The van der Waals surface area contributed by atoms with Crippen LogP contribution in [-0.2, 0) is 4.79 Å². The van der Waals surface area contributed by atoms with E-state index in [4.69, 9.17) is 9.73 Å². The third-order valence-electron chi connectivity index (χ3n) is 4.86. The average molecular weight is 431 g/mol.